The van der Waals surface area contributed by atoms with Gasteiger partial charge in [0.05, 0.1) is 13.2 Å². The topological polar surface area (TPSA) is 70.3 Å². The number of thioether (sulfide) groups is 1. The zero-order valence-electron chi connectivity index (χ0n) is 15.0. The molecule has 2 saturated heterocycles. The van der Waals surface area contributed by atoms with Crippen LogP contribution in [0.2, 0.25) is 0 Å². The zero-order chi connectivity index (χ0) is 17.8. The molecule has 2 aromatic rings. The van der Waals surface area contributed by atoms with Gasteiger partial charge in [-0.2, -0.15) is 16.9 Å². The standard InChI is InChI=1S/C18H26N6OS/c25-10-7-24-16(1-4-21-24)15-2-5-22(6-3-15)17-13-18(20-14-19-17)23-8-11-26-12-9-23/h1,4,13-15,25H,2-3,5-12H2. The first-order valence-electron chi connectivity index (χ1n) is 9.37. The number of aliphatic hydroxyl groups excluding tert-OH is 1. The molecule has 7 nitrogen and oxygen atoms in total. The highest BCUT2D eigenvalue weighted by atomic mass is 32.2. The average Bonchev–Trinajstić information content (AvgIpc) is 3.17. The highest BCUT2D eigenvalue weighted by molar-refractivity contribution is 7.99. The Bertz CT molecular complexity index is 709. The summed E-state index contributed by atoms with van der Waals surface area (Å²) >= 11 is 2.01. The number of piperidine rings is 1. The van der Waals surface area contributed by atoms with Gasteiger partial charge in [-0.3, -0.25) is 4.68 Å². The molecule has 0 aliphatic carbocycles. The summed E-state index contributed by atoms with van der Waals surface area (Å²) < 4.78 is 1.94. The lowest BCUT2D eigenvalue weighted by Crippen LogP contribution is -2.35. The van der Waals surface area contributed by atoms with Crippen molar-refractivity contribution in [2.75, 3.05) is 54.1 Å². The van der Waals surface area contributed by atoms with Gasteiger partial charge in [-0.05, 0) is 18.9 Å². The molecule has 0 atom stereocenters. The van der Waals surface area contributed by atoms with Crippen molar-refractivity contribution in [3.05, 3.63) is 30.4 Å². The Kier molecular flexibility index (Phi) is 5.59. The third-order valence-electron chi connectivity index (χ3n) is 5.27. The Labute approximate surface area is 158 Å². The van der Waals surface area contributed by atoms with E-state index in [1.165, 1.54) is 17.2 Å². The van der Waals surface area contributed by atoms with Crippen LogP contribution < -0.4 is 9.80 Å². The van der Waals surface area contributed by atoms with Crippen LogP contribution in [0.3, 0.4) is 0 Å². The molecule has 0 spiro atoms. The van der Waals surface area contributed by atoms with Crippen molar-refractivity contribution in [3.8, 4) is 0 Å². The third kappa shape index (κ3) is 3.81. The average molecular weight is 375 g/mol. The van der Waals surface area contributed by atoms with E-state index in [4.69, 9.17) is 0 Å². The zero-order valence-corrected chi connectivity index (χ0v) is 15.8. The van der Waals surface area contributed by atoms with Crippen LogP contribution in [0.25, 0.3) is 0 Å². The lowest BCUT2D eigenvalue weighted by Gasteiger charge is -2.34. The predicted octanol–water partition coefficient (Wildman–Crippen LogP) is 1.60. The van der Waals surface area contributed by atoms with Crippen LogP contribution in [-0.2, 0) is 6.54 Å². The lowest BCUT2D eigenvalue weighted by atomic mass is 9.93. The van der Waals surface area contributed by atoms with Gasteiger partial charge in [0, 0.05) is 61.6 Å². The second-order valence-corrected chi connectivity index (χ2v) is 8.02. The number of hydrogen-bond donors (Lipinski definition) is 1. The molecule has 2 aliphatic rings. The fraction of sp³-hybridized carbons (Fsp3) is 0.611. The molecule has 26 heavy (non-hydrogen) atoms. The molecular formula is C18H26N6OS. The molecule has 1 N–H and O–H groups in total. The summed E-state index contributed by atoms with van der Waals surface area (Å²) in [4.78, 5) is 13.7. The summed E-state index contributed by atoms with van der Waals surface area (Å²) in [5.41, 5.74) is 1.24. The molecule has 0 aromatic carbocycles. The molecule has 140 valence electrons. The number of rotatable bonds is 5. The van der Waals surface area contributed by atoms with Crippen molar-refractivity contribution < 1.29 is 5.11 Å². The highest BCUT2D eigenvalue weighted by Crippen LogP contribution is 2.30. The van der Waals surface area contributed by atoms with Crippen molar-refractivity contribution in [1.29, 1.82) is 0 Å². The first-order valence-corrected chi connectivity index (χ1v) is 10.5. The maximum atomic E-state index is 9.20. The molecule has 0 bridgehead atoms. The second kappa shape index (κ2) is 8.26. The maximum Gasteiger partial charge on any atom is 0.134 e. The van der Waals surface area contributed by atoms with E-state index in [9.17, 15) is 5.11 Å². The minimum atomic E-state index is 0.131. The van der Waals surface area contributed by atoms with Crippen LogP contribution in [0.4, 0.5) is 11.6 Å². The lowest BCUT2D eigenvalue weighted by molar-refractivity contribution is 0.265. The number of aliphatic hydroxyl groups is 1. The van der Waals surface area contributed by atoms with Gasteiger partial charge in [-0.15, -0.1) is 0 Å². The second-order valence-electron chi connectivity index (χ2n) is 6.80. The minimum Gasteiger partial charge on any atom is -0.394 e. The van der Waals surface area contributed by atoms with Crippen LogP contribution >= 0.6 is 11.8 Å². The smallest absolute Gasteiger partial charge is 0.134 e. The van der Waals surface area contributed by atoms with E-state index in [0.717, 1.165) is 50.7 Å². The van der Waals surface area contributed by atoms with E-state index >= 15 is 0 Å². The maximum absolute atomic E-state index is 9.20. The number of anilines is 2. The number of hydrogen-bond acceptors (Lipinski definition) is 7. The van der Waals surface area contributed by atoms with Gasteiger partial charge < -0.3 is 14.9 Å². The van der Waals surface area contributed by atoms with Crippen LogP contribution in [0.15, 0.2) is 24.7 Å². The molecule has 8 heteroatoms. The van der Waals surface area contributed by atoms with Crippen LogP contribution in [-0.4, -0.2) is 69.1 Å². The molecular weight excluding hydrogens is 348 g/mol. The quantitative estimate of drug-likeness (QED) is 0.852. The van der Waals surface area contributed by atoms with Gasteiger partial charge in [0.15, 0.2) is 0 Å². The van der Waals surface area contributed by atoms with E-state index in [-0.39, 0.29) is 6.61 Å². The molecule has 0 unspecified atom stereocenters. The first kappa shape index (κ1) is 17.6. The van der Waals surface area contributed by atoms with Crippen LogP contribution in [0.1, 0.15) is 24.5 Å². The molecule has 2 aromatic heterocycles. The van der Waals surface area contributed by atoms with Gasteiger partial charge >= 0.3 is 0 Å². The Morgan fingerprint density at radius 2 is 1.73 bits per heavy atom. The Balaban J connectivity index is 1.41. The molecule has 2 aliphatic heterocycles. The number of aromatic nitrogens is 4. The van der Waals surface area contributed by atoms with Gasteiger partial charge in [-0.1, -0.05) is 0 Å². The minimum absolute atomic E-state index is 0.131. The molecule has 4 rings (SSSR count). The summed E-state index contributed by atoms with van der Waals surface area (Å²) in [5.74, 6) is 4.94. The van der Waals surface area contributed by atoms with Gasteiger partial charge in [-0.25, -0.2) is 9.97 Å². The van der Waals surface area contributed by atoms with Crippen molar-refractivity contribution in [3.63, 3.8) is 0 Å². The van der Waals surface area contributed by atoms with E-state index in [2.05, 4.69) is 37.0 Å². The van der Waals surface area contributed by atoms with Gasteiger partial charge in [0.1, 0.15) is 18.0 Å². The highest BCUT2D eigenvalue weighted by Gasteiger charge is 2.24. The number of nitrogens with zero attached hydrogens (tertiary/aromatic N) is 6. The predicted molar refractivity (Wildman–Crippen MR) is 105 cm³/mol. The van der Waals surface area contributed by atoms with Crippen LogP contribution in [0.5, 0.6) is 0 Å². The van der Waals surface area contributed by atoms with Gasteiger partial charge in [0.25, 0.3) is 0 Å². The molecule has 0 saturated carbocycles. The van der Waals surface area contributed by atoms with Crippen molar-refractivity contribution in [2.24, 2.45) is 0 Å². The summed E-state index contributed by atoms with van der Waals surface area (Å²) in [7, 11) is 0. The summed E-state index contributed by atoms with van der Waals surface area (Å²) in [6.07, 6.45) is 5.70. The van der Waals surface area contributed by atoms with E-state index < -0.39 is 0 Å². The Morgan fingerprint density at radius 1 is 1.04 bits per heavy atom. The monoisotopic (exact) mass is 374 g/mol. The third-order valence-corrected chi connectivity index (χ3v) is 6.21. The Hall–Kier alpha value is -1.80. The van der Waals surface area contributed by atoms with Crippen molar-refractivity contribution >= 4 is 23.4 Å². The van der Waals surface area contributed by atoms with Crippen molar-refractivity contribution in [2.45, 2.75) is 25.3 Å². The fourth-order valence-corrected chi connectivity index (χ4v) is 4.75. The summed E-state index contributed by atoms with van der Waals surface area (Å²) in [6, 6.07) is 4.24. The Morgan fingerprint density at radius 3 is 2.42 bits per heavy atom. The molecule has 4 heterocycles. The molecule has 0 radical (unpaired) electrons. The SMILES string of the molecule is OCCn1nccc1C1CCN(c2cc(N3CCSCC3)ncn2)CC1. The van der Waals surface area contributed by atoms with E-state index in [0.29, 0.717) is 12.5 Å². The molecule has 0 amide bonds. The van der Waals surface area contributed by atoms with Crippen molar-refractivity contribution in [1.82, 2.24) is 19.7 Å². The summed E-state index contributed by atoms with van der Waals surface area (Å²) in [5, 5.41) is 13.5. The summed E-state index contributed by atoms with van der Waals surface area (Å²) in [6.45, 7) is 4.82. The normalized spacial score (nSPS) is 19.1. The fourth-order valence-electron chi connectivity index (χ4n) is 3.85. The largest absolute Gasteiger partial charge is 0.394 e. The van der Waals surface area contributed by atoms with Gasteiger partial charge in [0.2, 0.25) is 0 Å². The van der Waals surface area contributed by atoms with Crippen LogP contribution in [0, 0.1) is 0 Å². The molecule has 2 fully saturated rings. The van der Waals surface area contributed by atoms with E-state index in [1.807, 2.05) is 22.6 Å². The van der Waals surface area contributed by atoms with E-state index in [1.54, 1.807) is 6.33 Å². The first-order chi connectivity index (χ1) is 12.8.